The van der Waals surface area contributed by atoms with E-state index >= 15 is 0 Å². The average molecular weight is 346 g/mol. The Morgan fingerprint density at radius 3 is 2.68 bits per heavy atom. The largest absolute Gasteiger partial charge is 0.338 e. The number of nitrogens with one attached hydrogen (secondary N) is 1. The number of urea groups is 1. The molecule has 3 heterocycles. The minimum absolute atomic E-state index is 0.107. The van der Waals surface area contributed by atoms with Crippen LogP contribution in [0.4, 0.5) is 4.79 Å². The maximum Gasteiger partial charge on any atom is 0.317 e. The number of carbonyl (C=O) groups is 1. The highest BCUT2D eigenvalue weighted by atomic mass is 16.2. The Bertz CT molecular complexity index is 607. The highest BCUT2D eigenvalue weighted by molar-refractivity contribution is 5.74. The van der Waals surface area contributed by atoms with Gasteiger partial charge < -0.3 is 14.8 Å². The third kappa shape index (κ3) is 3.97. The SMILES string of the molecule is C[C@H]1C[C@@H]1CNC(=O)N1CCN(Cc2nnc3n2CCCCC3)CC1. The molecule has 7 nitrogen and oxygen atoms in total. The summed E-state index contributed by atoms with van der Waals surface area (Å²) in [6.07, 6.45) is 6.06. The zero-order valence-corrected chi connectivity index (χ0v) is 15.3. The van der Waals surface area contributed by atoms with E-state index in [4.69, 9.17) is 0 Å². The first-order chi connectivity index (χ1) is 12.2. The van der Waals surface area contributed by atoms with Crippen molar-refractivity contribution < 1.29 is 4.79 Å². The third-order valence-electron chi connectivity index (χ3n) is 6.00. The number of aromatic nitrogens is 3. The minimum atomic E-state index is 0.107. The quantitative estimate of drug-likeness (QED) is 0.897. The smallest absolute Gasteiger partial charge is 0.317 e. The summed E-state index contributed by atoms with van der Waals surface area (Å²) in [5.41, 5.74) is 0. The molecule has 25 heavy (non-hydrogen) atoms. The van der Waals surface area contributed by atoms with E-state index in [1.165, 1.54) is 25.7 Å². The van der Waals surface area contributed by atoms with Crippen molar-refractivity contribution in [2.45, 2.75) is 52.1 Å². The predicted octanol–water partition coefficient (Wildman–Crippen LogP) is 1.49. The van der Waals surface area contributed by atoms with E-state index in [9.17, 15) is 4.79 Å². The summed E-state index contributed by atoms with van der Waals surface area (Å²) < 4.78 is 2.32. The van der Waals surface area contributed by atoms with Crippen molar-refractivity contribution in [3.63, 3.8) is 0 Å². The van der Waals surface area contributed by atoms with Crippen molar-refractivity contribution in [3.8, 4) is 0 Å². The first-order valence-corrected chi connectivity index (χ1v) is 9.87. The zero-order chi connectivity index (χ0) is 17.2. The van der Waals surface area contributed by atoms with E-state index < -0.39 is 0 Å². The van der Waals surface area contributed by atoms with Crippen LogP contribution < -0.4 is 5.32 Å². The van der Waals surface area contributed by atoms with Crippen LogP contribution in [0.1, 0.15) is 44.3 Å². The van der Waals surface area contributed by atoms with E-state index in [-0.39, 0.29) is 6.03 Å². The molecule has 0 radical (unpaired) electrons. The van der Waals surface area contributed by atoms with Crippen LogP contribution in [0.2, 0.25) is 0 Å². The number of nitrogens with zero attached hydrogens (tertiary/aromatic N) is 5. The lowest BCUT2D eigenvalue weighted by atomic mass is 10.2. The lowest BCUT2D eigenvalue weighted by Crippen LogP contribution is -2.51. The summed E-state index contributed by atoms with van der Waals surface area (Å²) in [5.74, 6) is 3.74. The van der Waals surface area contributed by atoms with Crippen LogP contribution in [0.15, 0.2) is 0 Å². The number of fused-ring (bicyclic) bond motifs is 1. The Hall–Kier alpha value is -1.63. The number of aryl methyl sites for hydroxylation is 1. The van der Waals surface area contributed by atoms with Crippen LogP contribution in [0, 0.1) is 11.8 Å². The zero-order valence-electron chi connectivity index (χ0n) is 15.3. The van der Waals surface area contributed by atoms with Crippen molar-refractivity contribution >= 4 is 6.03 Å². The second-order valence-corrected chi connectivity index (χ2v) is 7.92. The third-order valence-corrected chi connectivity index (χ3v) is 6.00. The van der Waals surface area contributed by atoms with Gasteiger partial charge in [-0.1, -0.05) is 13.3 Å². The fraction of sp³-hybridized carbons (Fsp3) is 0.833. The summed E-state index contributed by atoms with van der Waals surface area (Å²) in [7, 11) is 0. The predicted molar refractivity (Wildman–Crippen MR) is 95.1 cm³/mol. The summed E-state index contributed by atoms with van der Waals surface area (Å²) in [4.78, 5) is 16.6. The summed E-state index contributed by atoms with van der Waals surface area (Å²) in [6, 6.07) is 0.107. The molecule has 1 saturated carbocycles. The molecule has 2 fully saturated rings. The lowest BCUT2D eigenvalue weighted by molar-refractivity contribution is 0.132. The van der Waals surface area contributed by atoms with Crippen LogP contribution in [0.25, 0.3) is 0 Å². The maximum absolute atomic E-state index is 12.3. The highest BCUT2D eigenvalue weighted by Crippen LogP contribution is 2.36. The van der Waals surface area contributed by atoms with Gasteiger partial charge in [-0.3, -0.25) is 4.90 Å². The van der Waals surface area contributed by atoms with E-state index in [1.807, 2.05) is 4.90 Å². The van der Waals surface area contributed by atoms with Gasteiger partial charge in [0.05, 0.1) is 6.54 Å². The van der Waals surface area contributed by atoms with Gasteiger partial charge in [0.1, 0.15) is 11.6 Å². The second kappa shape index (κ2) is 7.32. The fourth-order valence-electron chi connectivity index (χ4n) is 3.99. The first-order valence-electron chi connectivity index (χ1n) is 9.87. The van der Waals surface area contributed by atoms with Crippen molar-refractivity contribution in [1.29, 1.82) is 0 Å². The molecule has 1 aromatic rings. The van der Waals surface area contributed by atoms with Crippen LogP contribution >= 0.6 is 0 Å². The molecule has 0 aromatic carbocycles. The Balaban J connectivity index is 1.25. The Kier molecular flexibility index (Phi) is 4.92. The van der Waals surface area contributed by atoms with Crippen LogP contribution in [-0.2, 0) is 19.5 Å². The summed E-state index contributed by atoms with van der Waals surface area (Å²) in [6.45, 7) is 8.42. The van der Waals surface area contributed by atoms with Gasteiger partial charge in [-0.15, -0.1) is 10.2 Å². The van der Waals surface area contributed by atoms with Crippen molar-refractivity contribution in [2.24, 2.45) is 11.8 Å². The molecule has 7 heteroatoms. The van der Waals surface area contributed by atoms with E-state index in [2.05, 4.69) is 31.9 Å². The van der Waals surface area contributed by atoms with Gasteiger partial charge in [0.15, 0.2) is 0 Å². The molecular weight excluding hydrogens is 316 g/mol. The van der Waals surface area contributed by atoms with Gasteiger partial charge in [0.25, 0.3) is 0 Å². The molecule has 1 aliphatic carbocycles. The van der Waals surface area contributed by atoms with Gasteiger partial charge in [-0.2, -0.15) is 0 Å². The molecule has 2 amide bonds. The topological polar surface area (TPSA) is 66.3 Å². The van der Waals surface area contributed by atoms with Gasteiger partial charge in [0.2, 0.25) is 0 Å². The highest BCUT2D eigenvalue weighted by Gasteiger charge is 2.33. The van der Waals surface area contributed by atoms with Crippen LogP contribution in [-0.4, -0.2) is 63.3 Å². The molecule has 0 unspecified atom stereocenters. The minimum Gasteiger partial charge on any atom is -0.338 e. The molecular formula is C18H30N6O. The van der Waals surface area contributed by atoms with Crippen molar-refractivity contribution in [1.82, 2.24) is 29.9 Å². The normalized spacial score (nSPS) is 26.8. The Morgan fingerprint density at radius 1 is 1.12 bits per heavy atom. The van der Waals surface area contributed by atoms with Gasteiger partial charge in [-0.25, -0.2) is 4.79 Å². The van der Waals surface area contributed by atoms with Crippen LogP contribution in [0.3, 0.4) is 0 Å². The lowest BCUT2D eigenvalue weighted by Gasteiger charge is -2.34. The van der Waals surface area contributed by atoms with E-state index in [1.54, 1.807) is 0 Å². The van der Waals surface area contributed by atoms with Crippen molar-refractivity contribution in [2.75, 3.05) is 32.7 Å². The monoisotopic (exact) mass is 346 g/mol. The molecule has 0 bridgehead atoms. The molecule has 1 saturated heterocycles. The number of hydrogen-bond acceptors (Lipinski definition) is 4. The molecule has 4 rings (SSSR count). The standard InChI is InChI=1S/C18H30N6O/c1-14-11-15(14)12-19-18(25)23-9-7-22(8-10-23)13-17-21-20-16-5-3-2-4-6-24(16)17/h14-15H,2-13H2,1H3,(H,19,25)/t14-,15+/m0/s1. The first kappa shape index (κ1) is 16.8. The maximum atomic E-state index is 12.3. The summed E-state index contributed by atoms with van der Waals surface area (Å²) >= 11 is 0. The molecule has 1 N–H and O–H groups in total. The van der Waals surface area contributed by atoms with E-state index in [0.29, 0.717) is 5.92 Å². The molecule has 3 aliphatic rings. The number of piperazine rings is 1. The van der Waals surface area contributed by atoms with Gasteiger partial charge in [0, 0.05) is 45.7 Å². The number of hydrogen-bond donors (Lipinski definition) is 1. The Labute approximate surface area is 149 Å². The molecule has 1 aromatic heterocycles. The average Bonchev–Trinajstić information content (AvgIpc) is 3.29. The molecule has 2 aliphatic heterocycles. The second-order valence-electron chi connectivity index (χ2n) is 7.92. The van der Waals surface area contributed by atoms with Crippen LogP contribution in [0.5, 0.6) is 0 Å². The van der Waals surface area contributed by atoms with Crippen molar-refractivity contribution in [3.05, 3.63) is 11.6 Å². The van der Waals surface area contributed by atoms with Gasteiger partial charge >= 0.3 is 6.03 Å². The fourth-order valence-corrected chi connectivity index (χ4v) is 3.99. The molecule has 0 spiro atoms. The van der Waals surface area contributed by atoms with Gasteiger partial charge in [-0.05, 0) is 31.1 Å². The number of amides is 2. The summed E-state index contributed by atoms with van der Waals surface area (Å²) in [5, 5.41) is 11.9. The molecule has 138 valence electrons. The number of carbonyl (C=O) groups excluding carboxylic acids is 1. The van der Waals surface area contributed by atoms with E-state index in [0.717, 1.165) is 69.8 Å². The Morgan fingerprint density at radius 2 is 1.92 bits per heavy atom. The molecule has 2 atom stereocenters. The number of rotatable bonds is 4.